The van der Waals surface area contributed by atoms with Crippen molar-refractivity contribution in [2.75, 3.05) is 30.4 Å². The molecule has 1 saturated heterocycles. The summed E-state index contributed by atoms with van der Waals surface area (Å²) in [5, 5.41) is 5.95. The molecule has 0 spiro atoms. The van der Waals surface area contributed by atoms with E-state index < -0.39 is 0 Å². The third-order valence-corrected chi connectivity index (χ3v) is 6.08. The summed E-state index contributed by atoms with van der Waals surface area (Å²) in [6, 6.07) is 11.3. The third kappa shape index (κ3) is 4.17. The van der Waals surface area contributed by atoms with E-state index >= 15 is 0 Å². The Morgan fingerprint density at radius 3 is 2.22 bits per heavy atom. The quantitative estimate of drug-likeness (QED) is 0.590. The van der Waals surface area contributed by atoms with Crippen molar-refractivity contribution in [2.45, 2.75) is 46.3 Å². The number of urea groups is 1. The van der Waals surface area contributed by atoms with E-state index in [0.717, 1.165) is 59.7 Å². The first kappa shape index (κ1) is 21.8. The smallest absolute Gasteiger partial charge is 0.329 e. The molecule has 32 heavy (non-hydrogen) atoms. The molecule has 2 aromatic carbocycles. The predicted octanol–water partition coefficient (Wildman–Crippen LogP) is 3.77. The van der Waals surface area contributed by atoms with E-state index in [1.165, 1.54) is 0 Å². The number of ether oxygens (including phenoxy) is 1. The average molecular weight is 438 g/mol. The molecule has 0 unspecified atom stereocenters. The van der Waals surface area contributed by atoms with Crippen molar-refractivity contribution in [1.29, 1.82) is 0 Å². The number of carbonyl (C=O) groups is 1. The first-order valence-corrected chi connectivity index (χ1v) is 11.3. The fourth-order valence-corrected chi connectivity index (χ4v) is 4.37. The van der Waals surface area contributed by atoms with Crippen LogP contribution in [0.4, 0.5) is 16.2 Å². The molecule has 0 atom stereocenters. The van der Waals surface area contributed by atoms with E-state index in [4.69, 9.17) is 4.74 Å². The van der Waals surface area contributed by atoms with E-state index in [0.29, 0.717) is 19.6 Å². The maximum absolute atomic E-state index is 12.8. The molecule has 4 rings (SSSR count). The van der Waals surface area contributed by atoms with Crippen LogP contribution >= 0.6 is 0 Å². The minimum Gasteiger partial charge on any atom is -0.497 e. The highest BCUT2D eigenvalue weighted by Gasteiger charge is 2.21. The molecule has 1 aromatic heterocycles. The molecule has 2 amide bonds. The van der Waals surface area contributed by atoms with Gasteiger partial charge in [-0.05, 0) is 56.5 Å². The number of hydrogen-bond donors (Lipinski definition) is 2. The van der Waals surface area contributed by atoms with Gasteiger partial charge in [-0.25, -0.2) is 9.59 Å². The van der Waals surface area contributed by atoms with Gasteiger partial charge >= 0.3 is 11.7 Å². The van der Waals surface area contributed by atoms with Gasteiger partial charge in [0.15, 0.2) is 0 Å². The van der Waals surface area contributed by atoms with E-state index in [1.54, 1.807) is 16.2 Å². The lowest BCUT2D eigenvalue weighted by Crippen LogP contribution is -2.29. The Hall–Kier alpha value is -3.42. The third-order valence-electron chi connectivity index (χ3n) is 6.08. The van der Waals surface area contributed by atoms with Crippen molar-refractivity contribution < 1.29 is 9.53 Å². The van der Waals surface area contributed by atoms with E-state index in [-0.39, 0.29) is 11.7 Å². The van der Waals surface area contributed by atoms with Crippen molar-refractivity contribution in [1.82, 2.24) is 14.5 Å². The second kappa shape index (κ2) is 9.38. The molecule has 2 N–H and O–H groups in total. The summed E-state index contributed by atoms with van der Waals surface area (Å²) in [5.41, 5.74) is 4.40. The second-order valence-corrected chi connectivity index (χ2v) is 7.98. The number of fused-ring (bicyclic) bond motifs is 1. The molecule has 8 heteroatoms. The Kier molecular flexibility index (Phi) is 6.39. The van der Waals surface area contributed by atoms with Crippen LogP contribution in [-0.4, -0.2) is 35.4 Å². The minimum atomic E-state index is -0.277. The summed E-state index contributed by atoms with van der Waals surface area (Å²) in [7, 11) is 1.63. The monoisotopic (exact) mass is 437 g/mol. The van der Waals surface area contributed by atoms with E-state index in [9.17, 15) is 9.59 Å². The molecule has 3 aromatic rings. The molecule has 0 saturated carbocycles. The summed E-state index contributed by atoms with van der Waals surface area (Å²) < 4.78 is 8.73. The van der Waals surface area contributed by atoms with Gasteiger partial charge in [-0.15, -0.1) is 0 Å². The SMILES string of the molecule is CCn1c(=O)n(CC)c2cc(N3CCCC3)c(NC(=O)NCc3ccc(OC)cc3)cc21. The molecule has 2 heterocycles. The highest BCUT2D eigenvalue weighted by Crippen LogP contribution is 2.33. The van der Waals surface area contributed by atoms with Crippen molar-refractivity contribution in [2.24, 2.45) is 0 Å². The summed E-state index contributed by atoms with van der Waals surface area (Å²) in [6.45, 7) is 7.42. The Balaban J connectivity index is 1.62. The lowest BCUT2D eigenvalue weighted by Gasteiger charge is -2.22. The number of rotatable bonds is 7. The molecule has 0 bridgehead atoms. The van der Waals surface area contributed by atoms with Gasteiger partial charge < -0.3 is 20.3 Å². The number of methoxy groups -OCH3 is 1. The fraction of sp³-hybridized carbons (Fsp3) is 0.417. The van der Waals surface area contributed by atoms with E-state index in [2.05, 4.69) is 21.6 Å². The lowest BCUT2D eigenvalue weighted by atomic mass is 10.2. The van der Waals surface area contributed by atoms with Gasteiger partial charge in [0.2, 0.25) is 0 Å². The number of aryl methyl sites for hydroxylation is 2. The molecule has 0 radical (unpaired) electrons. The highest BCUT2D eigenvalue weighted by molar-refractivity contribution is 5.98. The summed E-state index contributed by atoms with van der Waals surface area (Å²) in [5.74, 6) is 0.780. The fourth-order valence-electron chi connectivity index (χ4n) is 4.37. The largest absolute Gasteiger partial charge is 0.497 e. The van der Waals surface area contributed by atoms with Crippen LogP contribution in [0.15, 0.2) is 41.2 Å². The lowest BCUT2D eigenvalue weighted by molar-refractivity contribution is 0.251. The molecule has 170 valence electrons. The zero-order valence-corrected chi connectivity index (χ0v) is 19.0. The van der Waals surface area contributed by atoms with Gasteiger partial charge in [0.25, 0.3) is 0 Å². The van der Waals surface area contributed by atoms with Crippen LogP contribution in [0.5, 0.6) is 5.75 Å². The Morgan fingerprint density at radius 2 is 1.62 bits per heavy atom. The normalized spacial score (nSPS) is 13.5. The summed E-state index contributed by atoms with van der Waals surface area (Å²) >= 11 is 0. The Bertz CT molecular complexity index is 1160. The first-order chi connectivity index (χ1) is 15.5. The van der Waals surface area contributed by atoms with Gasteiger partial charge in [-0.1, -0.05) is 12.1 Å². The number of imidazole rings is 1. The summed E-state index contributed by atoms with van der Waals surface area (Å²) in [6.07, 6.45) is 2.25. The van der Waals surface area contributed by atoms with Crippen molar-refractivity contribution in [3.63, 3.8) is 0 Å². The molecular formula is C24H31N5O3. The minimum absolute atomic E-state index is 0.0153. The van der Waals surface area contributed by atoms with Crippen molar-refractivity contribution in [3.05, 3.63) is 52.4 Å². The topological polar surface area (TPSA) is 80.5 Å². The number of carbonyl (C=O) groups excluding carboxylic acids is 1. The standard InChI is InChI=1S/C24H31N5O3/c1-4-28-21-14-19(26-23(30)25-16-17-8-10-18(32-3)11-9-17)20(27-12-6-7-13-27)15-22(21)29(5-2)24(28)31/h8-11,14-15H,4-7,12-13,16H2,1-3H3,(H2,25,26,30). The maximum atomic E-state index is 12.8. The van der Waals surface area contributed by atoms with Gasteiger partial charge in [0, 0.05) is 32.7 Å². The molecule has 8 nitrogen and oxygen atoms in total. The van der Waals surface area contributed by atoms with Gasteiger partial charge in [0.1, 0.15) is 5.75 Å². The Labute approximate surface area is 187 Å². The molecule has 1 aliphatic heterocycles. The van der Waals surface area contributed by atoms with Crippen molar-refractivity contribution in [3.8, 4) is 5.75 Å². The van der Waals surface area contributed by atoms with Crippen LogP contribution < -0.4 is 26.0 Å². The predicted molar refractivity (Wildman–Crippen MR) is 128 cm³/mol. The molecular weight excluding hydrogens is 406 g/mol. The maximum Gasteiger partial charge on any atom is 0.329 e. The van der Waals surface area contributed by atoms with E-state index in [1.807, 2.05) is 44.2 Å². The van der Waals surface area contributed by atoms with Crippen LogP contribution in [0.3, 0.4) is 0 Å². The Morgan fingerprint density at radius 1 is 1.00 bits per heavy atom. The summed E-state index contributed by atoms with van der Waals surface area (Å²) in [4.78, 5) is 27.9. The van der Waals surface area contributed by atoms with Gasteiger partial charge in [-0.3, -0.25) is 9.13 Å². The number of anilines is 2. The zero-order chi connectivity index (χ0) is 22.7. The number of nitrogens with one attached hydrogen (secondary N) is 2. The first-order valence-electron chi connectivity index (χ1n) is 11.3. The zero-order valence-electron chi connectivity index (χ0n) is 19.0. The van der Waals surface area contributed by atoms with Crippen LogP contribution in [-0.2, 0) is 19.6 Å². The highest BCUT2D eigenvalue weighted by atomic mass is 16.5. The van der Waals surface area contributed by atoms with Crippen LogP contribution in [0.1, 0.15) is 32.3 Å². The molecule has 1 aliphatic rings. The van der Waals surface area contributed by atoms with Crippen LogP contribution in [0, 0.1) is 0 Å². The number of aromatic nitrogens is 2. The number of benzene rings is 2. The van der Waals surface area contributed by atoms with Gasteiger partial charge in [0.05, 0.1) is 29.5 Å². The number of hydrogen-bond acceptors (Lipinski definition) is 4. The van der Waals surface area contributed by atoms with Crippen LogP contribution in [0.2, 0.25) is 0 Å². The average Bonchev–Trinajstić information content (AvgIpc) is 3.43. The van der Waals surface area contributed by atoms with Gasteiger partial charge in [-0.2, -0.15) is 0 Å². The number of nitrogens with zero attached hydrogens (tertiary/aromatic N) is 3. The number of amides is 2. The second-order valence-electron chi connectivity index (χ2n) is 7.98. The molecule has 1 fully saturated rings. The van der Waals surface area contributed by atoms with Crippen LogP contribution in [0.25, 0.3) is 11.0 Å². The van der Waals surface area contributed by atoms with Crippen molar-refractivity contribution >= 4 is 28.4 Å². The molecule has 0 aliphatic carbocycles.